The lowest BCUT2D eigenvalue weighted by Gasteiger charge is -2.52. The molecule has 3 fully saturated rings. The van der Waals surface area contributed by atoms with Crippen LogP contribution in [0.15, 0.2) is 18.2 Å². The van der Waals surface area contributed by atoms with Crippen molar-refractivity contribution in [2.45, 2.75) is 76.3 Å². The summed E-state index contributed by atoms with van der Waals surface area (Å²) in [5.41, 5.74) is -0.0255. The van der Waals surface area contributed by atoms with Crippen molar-refractivity contribution < 1.29 is 19.3 Å². The van der Waals surface area contributed by atoms with E-state index in [-0.39, 0.29) is 24.2 Å². The lowest BCUT2D eigenvalue weighted by atomic mass is 9.67. The minimum Gasteiger partial charge on any atom is -0.367 e. The number of carbonyl (C=O) groups is 3. The Kier molecular flexibility index (Phi) is 5.14. The smallest absolute Gasteiger partial charge is 0.331 e. The normalized spacial score (nSPS) is 28.8. The highest BCUT2D eigenvalue weighted by molar-refractivity contribution is 6.20. The number of benzene rings is 1. The van der Waals surface area contributed by atoms with Gasteiger partial charge in [0.05, 0.1) is 11.0 Å². The van der Waals surface area contributed by atoms with Crippen molar-refractivity contribution in [2.24, 2.45) is 5.41 Å². The maximum atomic E-state index is 14.1. The third-order valence-corrected chi connectivity index (χ3v) is 7.76. The largest absolute Gasteiger partial charge is 0.367 e. The number of non-ortho nitro benzene ring substituents is 1. The molecule has 3 heterocycles. The number of imide groups is 2. The van der Waals surface area contributed by atoms with E-state index in [2.05, 4.69) is 10.2 Å². The monoisotopic (exact) mass is 440 g/mol. The summed E-state index contributed by atoms with van der Waals surface area (Å²) in [4.78, 5) is 54.8. The van der Waals surface area contributed by atoms with Gasteiger partial charge in [-0.15, -0.1) is 0 Å². The van der Waals surface area contributed by atoms with Crippen LogP contribution >= 0.6 is 0 Å². The van der Waals surface area contributed by atoms with Crippen LogP contribution in [0, 0.1) is 15.5 Å². The van der Waals surface area contributed by atoms with Crippen LogP contribution < -0.4 is 10.2 Å². The quantitative estimate of drug-likeness (QED) is 0.429. The van der Waals surface area contributed by atoms with E-state index in [1.54, 1.807) is 6.07 Å². The molecule has 9 nitrogen and oxygen atoms in total. The highest BCUT2D eigenvalue weighted by atomic mass is 16.6. The van der Waals surface area contributed by atoms with Gasteiger partial charge in [0.15, 0.2) is 5.41 Å². The number of nitrogens with zero attached hydrogens (tertiary/aromatic N) is 3. The maximum Gasteiger partial charge on any atom is 0.331 e. The zero-order valence-electron chi connectivity index (χ0n) is 18.0. The minimum absolute atomic E-state index is 0.0592. The molecule has 2 unspecified atom stereocenters. The van der Waals surface area contributed by atoms with Gasteiger partial charge in [-0.2, -0.15) is 0 Å². The highest BCUT2D eigenvalue weighted by Crippen LogP contribution is 2.48. The first-order chi connectivity index (χ1) is 15.4. The number of rotatable bonds is 2. The number of fused-ring (bicyclic) bond motifs is 4. The molecular formula is C23H28N4O5. The van der Waals surface area contributed by atoms with Crippen LogP contribution in [0.2, 0.25) is 0 Å². The number of amides is 4. The molecule has 1 aromatic rings. The van der Waals surface area contributed by atoms with E-state index in [9.17, 15) is 24.5 Å². The van der Waals surface area contributed by atoms with Gasteiger partial charge in [-0.05, 0) is 37.3 Å². The molecule has 4 amide bonds. The van der Waals surface area contributed by atoms with E-state index < -0.39 is 28.2 Å². The van der Waals surface area contributed by atoms with Gasteiger partial charge in [-0.1, -0.05) is 32.1 Å². The molecule has 2 atom stereocenters. The second-order valence-corrected chi connectivity index (χ2v) is 9.50. The molecule has 3 aliphatic heterocycles. The Bertz CT molecular complexity index is 989. The van der Waals surface area contributed by atoms with Crippen molar-refractivity contribution in [3.05, 3.63) is 33.9 Å². The molecule has 1 N–H and O–H groups in total. The van der Waals surface area contributed by atoms with Crippen molar-refractivity contribution in [3.8, 4) is 0 Å². The first-order valence-corrected chi connectivity index (χ1v) is 11.7. The van der Waals surface area contributed by atoms with Crippen molar-refractivity contribution in [1.82, 2.24) is 10.2 Å². The van der Waals surface area contributed by atoms with Crippen LogP contribution in [-0.2, 0) is 16.0 Å². The molecule has 5 rings (SSSR count). The second-order valence-electron chi connectivity index (χ2n) is 9.50. The first kappa shape index (κ1) is 20.9. The van der Waals surface area contributed by atoms with Crippen molar-refractivity contribution in [1.29, 1.82) is 0 Å². The predicted octanol–water partition coefficient (Wildman–Crippen LogP) is 3.30. The van der Waals surface area contributed by atoms with E-state index in [0.717, 1.165) is 57.1 Å². The molecule has 1 aromatic carbocycles. The lowest BCUT2D eigenvalue weighted by molar-refractivity contribution is -0.384. The first-order valence-electron chi connectivity index (χ1n) is 11.7. The van der Waals surface area contributed by atoms with Gasteiger partial charge < -0.3 is 4.90 Å². The molecule has 170 valence electrons. The zero-order valence-corrected chi connectivity index (χ0v) is 18.0. The van der Waals surface area contributed by atoms with E-state index in [1.807, 2.05) is 0 Å². The number of urea groups is 1. The Labute approximate surface area is 186 Å². The third kappa shape index (κ3) is 3.09. The van der Waals surface area contributed by atoms with Gasteiger partial charge in [0.1, 0.15) is 0 Å². The van der Waals surface area contributed by atoms with Crippen molar-refractivity contribution >= 4 is 29.2 Å². The van der Waals surface area contributed by atoms with Crippen LogP contribution in [-0.4, -0.2) is 46.3 Å². The van der Waals surface area contributed by atoms with Crippen molar-refractivity contribution in [3.63, 3.8) is 0 Å². The SMILES string of the molecule is O=C1NC(=O)C2(Cc3cc([N+](=O)[O-])ccc3N3CCCCCC32)C(=O)N1C1CCCCC1. The Morgan fingerprint density at radius 2 is 1.72 bits per heavy atom. The van der Waals surface area contributed by atoms with E-state index in [1.165, 1.54) is 17.0 Å². The number of carbonyl (C=O) groups excluding carboxylic acids is 3. The summed E-state index contributed by atoms with van der Waals surface area (Å²) in [6.45, 7) is 0.676. The fourth-order valence-electron chi connectivity index (χ4n) is 6.23. The summed E-state index contributed by atoms with van der Waals surface area (Å²) in [6, 6.07) is 3.52. The Morgan fingerprint density at radius 1 is 1.00 bits per heavy atom. The van der Waals surface area contributed by atoms with Crippen LogP contribution in [0.25, 0.3) is 0 Å². The van der Waals surface area contributed by atoms with E-state index >= 15 is 0 Å². The summed E-state index contributed by atoms with van der Waals surface area (Å²) in [5.74, 6) is -0.985. The molecule has 0 aromatic heterocycles. The molecule has 0 radical (unpaired) electrons. The van der Waals surface area contributed by atoms with Gasteiger partial charge >= 0.3 is 6.03 Å². The van der Waals surface area contributed by atoms with Crippen LogP contribution in [0.3, 0.4) is 0 Å². The number of hydrogen-bond donors (Lipinski definition) is 1. The lowest BCUT2D eigenvalue weighted by Crippen LogP contribution is -2.73. The highest BCUT2D eigenvalue weighted by Gasteiger charge is 2.62. The number of anilines is 1. The van der Waals surface area contributed by atoms with Gasteiger partial charge in [-0.3, -0.25) is 29.9 Å². The topological polar surface area (TPSA) is 113 Å². The molecule has 32 heavy (non-hydrogen) atoms. The Morgan fingerprint density at radius 3 is 2.47 bits per heavy atom. The molecular weight excluding hydrogens is 412 g/mol. The number of nitro groups is 1. The standard InChI is InChI=1S/C23H28N4O5/c28-20-23(21(29)26(22(30)24-20)16-7-3-1-4-8-16)14-15-13-17(27(31)32)10-11-18(15)25-12-6-2-5-9-19(23)25/h10-11,13,16,19H,1-9,12,14H2,(H,24,28,30). The second kappa shape index (κ2) is 7.86. The van der Waals surface area contributed by atoms with Crippen LogP contribution in [0.1, 0.15) is 63.4 Å². The molecule has 1 spiro atoms. The molecule has 4 aliphatic rings. The number of nitrogens with one attached hydrogen (secondary N) is 1. The summed E-state index contributed by atoms with van der Waals surface area (Å²) in [6.07, 6.45) is 8.03. The Balaban J connectivity index is 1.63. The molecule has 0 bridgehead atoms. The average molecular weight is 441 g/mol. The average Bonchev–Trinajstić information content (AvgIpc) is 3.04. The third-order valence-electron chi connectivity index (χ3n) is 7.76. The van der Waals surface area contributed by atoms with Crippen molar-refractivity contribution in [2.75, 3.05) is 11.4 Å². The Hall–Kier alpha value is -2.97. The van der Waals surface area contributed by atoms with Gasteiger partial charge in [0.25, 0.3) is 5.69 Å². The molecule has 1 aliphatic carbocycles. The summed E-state index contributed by atoms with van der Waals surface area (Å²) < 4.78 is 0. The fourth-order valence-corrected chi connectivity index (χ4v) is 6.23. The van der Waals surface area contributed by atoms with Gasteiger partial charge in [0, 0.05) is 36.8 Å². The number of hydrogen-bond acceptors (Lipinski definition) is 6. The van der Waals surface area contributed by atoms with E-state index in [4.69, 9.17) is 0 Å². The summed E-state index contributed by atoms with van der Waals surface area (Å²) in [7, 11) is 0. The number of nitro benzene ring substituents is 1. The molecule has 1 saturated carbocycles. The predicted molar refractivity (Wildman–Crippen MR) is 116 cm³/mol. The minimum atomic E-state index is -1.45. The van der Waals surface area contributed by atoms with E-state index in [0.29, 0.717) is 18.5 Å². The molecule has 9 heteroatoms. The number of barbiturate groups is 1. The van der Waals surface area contributed by atoms with Crippen LogP contribution in [0.5, 0.6) is 0 Å². The van der Waals surface area contributed by atoms with Crippen LogP contribution in [0.4, 0.5) is 16.2 Å². The van der Waals surface area contributed by atoms with Gasteiger partial charge in [0.2, 0.25) is 11.8 Å². The summed E-state index contributed by atoms with van der Waals surface area (Å²) in [5, 5.41) is 13.9. The summed E-state index contributed by atoms with van der Waals surface area (Å²) >= 11 is 0. The zero-order chi connectivity index (χ0) is 22.5. The molecule has 2 saturated heterocycles. The maximum absolute atomic E-state index is 14.1. The fraction of sp³-hybridized carbons (Fsp3) is 0.609. The van der Waals surface area contributed by atoms with Gasteiger partial charge in [-0.25, -0.2) is 4.79 Å².